The fraction of sp³-hybridized carbons (Fsp3) is 0.167. The molecule has 6 nitrogen and oxygen atoms in total. The molecule has 2 rings (SSSR count). The van der Waals surface area contributed by atoms with Crippen LogP contribution in [0.3, 0.4) is 0 Å². The first-order chi connectivity index (χ1) is 11.4. The van der Waals surface area contributed by atoms with Gasteiger partial charge in [0, 0.05) is 5.56 Å². The third kappa shape index (κ3) is 4.42. The molecule has 0 aliphatic heterocycles. The molecule has 2 aromatic rings. The quantitative estimate of drug-likeness (QED) is 0.646. The van der Waals surface area contributed by atoms with E-state index in [0.717, 1.165) is 11.1 Å². The van der Waals surface area contributed by atoms with Crippen LogP contribution in [0.4, 0.5) is 0 Å². The summed E-state index contributed by atoms with van der Waals surface area (Å²) in [5.41, 5.74) is 7.86. The van der Waals surface area contributed by atoms with Gasteiger partial charge in [-0.15, -0.1) is 0 Å². The van der Waals surface area contributed by atoms with Crippen LogP contribution in [0.15, 0.2) is 42.5 Å². The lowest BCUT2D eigenvalue weighted by Gasteiger charge is -2.07. The topological polar surface area (TPSA) is 98.5 Å². The van der Waals surface area contributed by atoms with Crippen LogP contribution >= 0.6 is 0 Å². The molecular weight excluding hydrogens is 308 g/mol. The number of carbonyl (C=O) groups is 3. The molecule has 3 N–H and O–H groups in total. The van der Waals surface area contributed by atoms with Crippen LogP contribution in [0.1, 0.15) is 31.8 Å². The molecule has 0 aliphatic carbocycles. The number of primary amides is 1. The Labute approximate surface area is 139 Å². The van der Waals surface area contributed by atoms with Crippen molar-refractivity contribution in [2.24, 2.45) is 5.73 Å². The zero-order chi connectivity index (χ0) is 17.7. The lowest BCUT2D eigenvalue weighted by atomic mass is 10.1. The third-order valence-corrected chi connectivity index (χ3v) is 3.49. The molecule has 6 heteroatoms. The van der Waals surface area contributed by atoms with E-state index in [1.807, 2.05) is 19.9 Å². The van der Waals surface area contributed by atoms with Gasteiger partial charge in [-0.2, -0.15) is 0 Å². The van der Waals surface area contributed by atoms with E-state index in [9.17, 15) is 14.4 Å². The van der Waals surface area contributed by atoms with E-state index in [-0.39, 0.29) is 6.54 Å². The number of nitrogens with two attached hydrogens (primary N) is 1. The van der Waals surface area contributed by atoms with Gasteiger partial charge in [0.2, 0.25) is 5.91 Å². The van der Waals surface area contributed by atoms with Gasteiger partial charge >= 0.3 is 5.97 Å². The van der Waals surface area contributed by atoms with Crippen molar-refractivity contribution in [3.05, 3.63) is 64.7 Å². The van der Waals surface area contributed by atoms with Gasteiger partial charge in [0.25, 0.3) is 5.91 Å². The summed E-state index contributed by atoms with van der Waals surface area (Å²) in [6.45, 7) is 3.65. The normalized spacial score (nSPS) is 10.1. The summed E-state index contributed by atoms with van der Waals surface area (Å²) in [5, 5.41) is 2.37. The minimum absolute atomic E-state index is 0.234. The lowest BCUT2D eigenvalue weighted by molar-refractivity contribution is -0.117. The maximum absolute atomic E-state index is 12.1. The van der Waals surface area contributed by atoms with E-state index >= 15 is 0 Å². The molecule has 0 aromatic heterocycles. The molecule has 0 atom stereocenters. The van der Waals surface area contributed by atoms with E-state index < -0.39 is 17.8 Å². The van der Waals surface area contributed by atoms with E-state index in [2.05, 4.69) is 5.32 Å². The summed E-state index contributed by atoms with van der Waals surface area (Å²) in [7, 11) is 0. The average Bonchev–Trinajstić information content (AvgIpc) is 2.55. The van der Waals surface area contributed by atoms with Crippen molar-refractivity contribution >= 4 is 17.8 Å². The van der Waals surface area contributed by atoms with E-state index in [0.29, 0.717) is 16.9 Å². The van der Waals surface area contributed by atoms with Crippen molar-refractivity contribution in [3.63, 3.8) is 0 Å². The van der Waals surface area contributed by atoms with Crippen molar-refractivity contribution in [1.82, 2.24) is 5.32 Å². The Morgan fingerprint density at radius 3 is 2.17 bits per heavy atom. The van der Waals surface area contributed by atoms with Crippen LogP contribution in [-0.4, -0.2) is 24.3 Å². The largest absolute Gasteiger partial charge is 0.423 e. The Hall–Kier alpha value is -3.15. The molecule has 24 heavy (non-hydrogen) atoms. The zero-order valence-electron chi connectivity index (χ0n) is 13.5. The Bertz CT molecular complexity index is 782. The lowest BCUT2D eigenvalue weighted by Crippen LogP contribution is -2.33. The van der Waals surface area contributed by atoms with Crippen molar-refractivity contribution in [3.8, 4) is 5.75 Å². The number of benzene rings is 2. The molecule has 0 bridgehead atoms. The molecule has 0 aliphatic rings. The SMILES string of the molecule is Cc1ccc(C(=O)Oc2ccc(C(=O)NCC(N)=O)cc2)cc1C. The number of esters is 1. The molecule has 2 aromatic carbocycles. The molecule has 0 unspecified atom stereocenters. The monoisotopic (exact) mass is 326 g/mol. The van der Waals surface area contributed by atoms with Gasteiger partial charge < -0.3 is 15.8 Å². The summed E-state index contributed by atoms with van der Waals surface area (Å²) in [4.78, 5) is 34.5. The van der Waals surface area contributed by atoms with Gasteiger partial charge in [0.05, 0.1) is 12.1 Å². The molecular formula is C18H18N2O4. The van der Waals surface area contributed by atoms with Crippen LogP contribution in [0.2, 0.25) is 0 Å². The minimum atomic E-state index is -0.623. The van der Waals surface area contributed by atoms with Gasteiger partial charge in [0.15, 0.2) is 0 Å². The Balaban J connectivity index is 2.03. The molecule has 2 amide bonds. The summed E-state index contributed by atoms with van der Waals surface area (Å²) >= 11 is 0. The predicted molar refractivity (Wildman–Crippen MR) is 88.8 cm³/mol. The first kappa shape index (κ1) is 17.2. The summed E-state index contributed by atoms with van der Waals surface area (Å²) in [6.07, 6.45) is 0. The maximum Gasteiger partial charge on any atom is 0.343 e. The number of nitrogens with one attached hydrogen (secondary N) is 1. The van der Waals surface area contributed by atoms with Crippen LogP contribution in [0.5, 0.6) is 5.75 Å². The van der Waals surface area contributed by atoms with Gasteiger partial charge in [0.1, 0.15) is 5.75 Å². The summed E-state index contributed by atoms with van der Waals surface area (Å²) in [5.74, 6) is -1.20. The molecule has 0 saturated carbocycles. The number of hydrogen-bond acceptors (Lipinski definition) is 4. The number of aryl methyl sites for hydroxylation is 2. The highest BCUT2D eigenvalue weighted by atomic mass is 16.5. The second-order valence-electron chi connectivity index (χ2n) is 5.36. The van der Waals surface area contributed by atoms with Gasteiger partial charge in [-0.1, -0.05) is 6.07 Å². The summed E-state index contributed by atoms with van der Waals surface area (Å²) < 4.78 is 5.28. The number of hydrogen-bond donors (Lipinski definition) is 2. The molecule has 0 heterocycles. The van der Waals surface area contributed by atoms with Crippen molar-refractivity contribution < 1.29 is 19.1 Å². The fourth-order valence-electron chi connectivity index (χ4n) is 1.98. The van der Waals surface area contributed by atoms with Gasteiger partial charge in [-0.25, -0.2) is 4.79 Å². The van der Waals surface area contributed by atoms with Crippen LogP contribution < -0.4 is 15.8 Å². The van der Waals surface area contributed by atoms with Crippen LogP contribution in [0, 0.1) is 13.8 Å². The smallest absolute Gasteiger partial charge is 0.343 e. The highest BCUT2D eigenvalue weighted by molar-refractivity contribution is 5.96. The molecule has 0 saturated heterocycles. The highest BCUT2D eigenvalue weighted by Crippen LogP contribution is 2.16. The van der Waals surface area contributed by atoms with E-state index in [1.165, 1.54) is 24.3 Å². The second kappa shape index (κ2) is 7.41. The first-order valence-electron chi connectivity index (χ1n) is 7.33. The van der Waals surface area contributed by atoms with Crippen LogP contribution in [-0.2, 0) is 4.79 Å². The zero-order valence-corrected chi connectivity index (χ0v) is 13.5. The minimum Gasteiger partial charge on any atom is -0.423 e. The number of ether oxygens (including phenoxy) is 1. The Morgan fingerprint density at radius 2 is 1.58 bits per heavy atom. The van der Waals surface area contributed by atoms with E-state index in [4.69, 9.17) is 10.5 Å². The Kier molecular flexibility index (Phi) is 5.31. The number of amides is 2. The Morgan fingerprint density at radius 1 is 0.958 bits per heavy atom. The van der Waals surface area contributed by atoms with Crippen molar-refractivity contribution in [2.45, 2.75) is 13.8 Å². The maximum atomic E-state index is 12.1. The molecule has 0 fully saturated rings. The standard InChI is InChI=1S/C18H18N2O4/c1-11-3-4-14(9-12(11)2)18(23)24-15-7-5-13(6-8-15)17(22)20-10-16(19)21/h3-9H,10H2,1-2H3,(H2,19,21)(H,20,22). The van der Waals surface area contributed by atoms with Gasteiger partial charge in [-0.3, -0.25) is 9.59 Å². The van der Waals surface area contributed by atoms with Crippen molar-refractivity contribution in [2.75, 3.05) is 6.54 Å². The molecule has 124 valence electrons. The number of rotatable bonds is 5. The number of carbonyl (C=O) groups excluding carboxylic acids is 3. The van der Waals surface area contributed by atoms with Crippen molar-refractivity contribution in [1.29, 1.82) is 0 Å². The van der Waals surface area contributed by atoms with Crippen LogP contribution in [0.25, 0.3) is 0 Å². The third-order valence-electron chi connectivity index (χ3n) is 3.49. The molecule has 0 spiro atoms. The first-order valence-corrected chi connectivity index (χ1v) is 7.33. The van der Waals surface area contributed by atoms with E-state index in [1.54, 1.807) is 12.1 Å². The fourth-order valence-corrected chi connectivity index (χ4v) is 1.98. The van der Waals surface area contributed by atoms with Gasteiger partial charge in [-0.05, 0) is 61.4 Å². The average molecular weight is 326 g/mol. The highest BCUT2D eigenvalue weighted by Gasteiger charge is 2.11. The second-order valence-corrected chi connectivity index (χ2v) is 5.36. The summed E-state index contributed by atoms with van der Waals surface area (Å²) in [6, 6.07) is 11.4. The predicted octanol–water partition coefficient (Wildman–Crippen LogP) is 1.74. The molecule has 0 radical (unpaired) electrons.